The Labute approximate surface area is 322 Å². The van der Waals surface area contributed by atoms with Crippen LogP contribution in [-0.4, -0.2) is 54.7 Å². The molecular formula is C48H45NO6. The molecule has 0 bridgehead atoms. The predicted molar refractivity (Wildman–Crippen MR) is 220 cm³/mol. The van der Waals surface area contributed by atoms with E-state index in [0.29, 0.717) is 17.2 Å². The molecule has 0 N–H and O–H groups in total. The third-order valence-electron chi connectivity index (χ3n) is 11.7. The fourth-order valence-electron chi connectivity index (χ4n) is 8.97. The third kappa shape index (κ3) is 5.35. The number of fused-ring (bicyclic) bond motifs is 8. The maximum atomic E-state index is 7.65. The first-order chi connectivity index (χ1) is 26.8. The molecule has 0 saturated carbocycles. The number of benzene rings is 6. The normalized spacial score (nSPS) is 17.9. The van der Waals surface area contributed by atoms with Crippen LogP contribution in [-0.2, 0) is 15.8 Å². The fourth-order valence-corrected chi connectivity index (χ4v) is 8.97. The quantitative estimate of drug-likeness (QED) is 0.155. The number of morpholine rings is 1. The van der Waals surface area contributed by atoms with Gasteiger partial charge in [0.25, 0.3) is 0 Å². The molecule has 7 nitrogen and oxygen atoms in total. The Balaban J connectivity index is 1.32. The molecule has 1 fully saturated rings. The summed E-state index contributed by atoms with van der Waals surface area (Å²) >= 11 is 0. The van der Waals surface area contributed by atoms with Gasteiger partial charge in [0.15, 0.2) is 17.1 Å². The molecule has 9 rings (SSSR count). The summed E-state index contributed by atoms with van der Waals surface area (Å²) in [4.78, 5) is 2.37. The van der Waals surface area contributed by atoms with E-state index in [1.54, 1.807) is 28.4 Å². The molecule has 1 unspecified atom stereocenters. The maximum absolute atomic E-state index is 7.65. The number of methoxy groups -OCH3 is 4. The summed E-state index contributed by atoms with van der Waals surface area (Å²) < 4.78 is 37.2. The van der Waals surface area contributed by atoms with Gasteiger partial charge in [0.2, 0.25) is 5.75 Å². The van der Waals surface area contributed by atoms with Gasteiger partial charge < -0.3 is 33.3 Å². The summed E-state index contributed by atoms with van der Waals surface area (Å²) in [6, 6.07) is 36.4. The molecule has 0 radical (unpaired) electrons. The largest absolute Gasteiger partial charge is 0.497 e. The number of hydrogen-bond acceptors (Lipinski definition) is 7. The lowest BCUT2D eigenvalue weighted by Crippen LogP contribution is -2.37. The van der Waals surface area contributed by atoms with E-state index in [4.69, 9.17) is 28.4 Å². The van der Waals surface area contributed by atoms with Crippen molar-refractivity contribution in [2.75, 3.05) is 59.6 Å². The van der Waals surface area contributed by atoms with E-state index in [0.717, 1.165) is 76.5 Å². The monoisotopic (exact) mass is 731 g/mol. The van der Waals surface area contributed by atoms with Gasteiger partial charge in [-0.1, -0.05) is 86.7 Å². The van der Waals surface area contributed by atoms with Gasteiger partial charge in [0, 0.05) is 46.3 Å². The molecule has 6 aromatic carbocycles. The Morgan fingerprint density at radius 3 is 2.02 bits per heavy atom. The number of nitrogens with zero attached hydrogens (tertiary/aromatic N) is 1. The molecule has 1 atom stereocenters. The van der Waals surface area contributed by atoms with Crippen LogP contribution in [0, 0.1) is 0 Å². The molecule has 1 saturated heterocycles. The van der Waals surface area contributed by atoms with Crippen LogP contribution in [0.5, 0.6) is 28.7 Å². The molecule has 2 aliphatic heterocycles. The second-order valence-electron chi connectivity index (χ2n) is 14.9. The summed E-state index contributed by atoms with van der Waals surface area (Å²) in [5.74, 6) is 3.17. The molecule has 55 heavy (non-hydrogen) atoms. The Hall–Kier alpha value is -5.92. The molecule has 278 valence electrons. The van der Waals surface area contributed by atoms with E-state index in [2.05, 4.69) is 122 Å². The van der Waals surface area contributed by atoms with Crippen LogP contribution >= 0.6 is 0 Å². The first-order valence-corrected chi connectivity index (χ1v) is 18.8. The van der Waals surface area contributed by atoms with Crippen molar-refractivity contribution in [2.45, 2.75) is 24.9 Å². The zero-order valence-corrected chi connectivity index (χ0v) is 32.2. The van der Waals surface area contributed by atoms with Crippen molar-refractivity contribution < 1.29 is 28.4 Å². The van der Waals surface area contributed by atoms with Crippen molar-refractivity contribution >= 4 is 22.5 Å². The Morgan fingerprint density at radius 2 is 1.36 bits per heavy atom. The predicted octanol–water partition coefficient (Wildman–Crippen LogP) is 10.0. The van der Waals surface area contributed by atoms with E-state index in [1.165, 1.54) is 27.8 Å². The number of anilines is 1. The number of hydrogen-bond donors (Lipinski definition) is 0. The van der Waals surface area contributed by atoms with Gasteiger partial charge in [-0.05, 0) is 75.9 Å². The molecule has 7 heteroatoms. The molecule has 3 aliphatic rings. The van der Waals surface area contributed by atoms with Crippen molar-refractivity contribution in [1.29, 1.82) is 0 Å². The lowest BCUT2D eigenvalue weighted by atomic mass is 9.76. The standard InChI is InChI=1S/C48H45NO6/c1-47(2)39-28-31(30-10-8-7-9-11-30)12-21-36(39)41-38-29-40(51-4)45(52-5)46(53-6)42(38)44-37(43(41)47)22-23-48(55-44,33-15-19-35(50-3)20-16-33)32-13-17-34(18-14-32)49-24-26-54-27-25-49/h7-23,28-29H,24-27H2,1-6H3. The lowest BCUT2D eigenvalue weighted by Gasteiger charge is -2.39. The Kier molecular flexibility index (Phi) is 8.50. The van der Waals surface area contributed by atoms with Crippen molar-refractivity contribution in [1.82, 2.24) is 0 Å². The van der Waals surface area contributed by atoms with Crippen LogP contribution in [0.3, 0.4) is 0 Å². The summed E-state index contributed by atoms with van der Waals surface area (Å²) in [5.41, 5.74) is 9.94. The van der Waals surface area contributed by atoms with Crippen molar-refractivity contribution in [3.05, 3.63) is 137 Å². The van der Waals surface area contributed by atoms with Gasteiger partial charge in [-0.15, -0.1) is 0 Å². The van der Waals surface area contributed by atoms with E-state index >= 15 is 0 Å². The highest BCUT2D eigenvalue weighted by Gasteiger charge is 2.45. The van der Waals surface area contributed by atoms with Crippen LogP contribution in [0.15, 0.2) is 109 Å². The van der Waals surface area contributed by atoms with E-state index < -0.39 is 5.60 Å². The Bertz CT molecular complexity index is 2450. The van der Waals surface area contributed by atoms with Crippen LogP contribution in [0.2, 0.25) is 0 Å². The summed E-state index contributed by atoms with van der Waals surface area (Å²) in [5, 5.41) is 1.81. The average molecular weight is 732 g/mol. The van der Waals surface area contributed by atoms with Crippen LogP contribution in [0.1, 0.15) is 41.7 Å². The SMILES string of the molecule is COc1ccc(C2(c3ccc(N4CCOCC4)cc3)C=Cc3c4c(c5cc(OC)c(OC)c(OC)c5c3O2)-c2ccc(-c3ccccc3)cc2C4(C)C)cc1. The molecule has 0 aromatic heterocycles. The topological polar surface area (TPSA) is 58.6 Å². The third-order valence-corrected chi connectivity index (χ3v) is 11.7. The minimum atomic E-state index is -0.988. The maximum Gasteiger partial charge on any atom is 0.204 e. The minimum absolute atomic E-state index is 0.373. The van der Waals surface area contributed by atoms with Gasteiger partial charge in [-0.2, -0.15) is 0 Å². The first kappa shape index (κ1) is 34.8. The molecule has 6 aromatic rings. The molecule has 1 aliphatic carbocycles. The molecule has 2 heterocycles. The van der Waals surface area contributed by atoms with Crippen molar-refractivity contribution in [3.8, 4) is 51.0 Å². The molecular weight excluding hydrogens is 687 g/mol. The fraction of sp³-hybridized carbons (Fsp3) is 0.250. The highest BCUT2D eigenvalue weighted by Crippen LogP contribution is 2.61. The van der Waals surface area contributed by atoms with E-state index in [9.17, 15) is 0 Å². The highest BCUT2D eigenvalue weighted by atomic mass is 16.5. The first-order valence-electron chi connectivity index (χ1n) is 18.8. The lowest BCUT2D eigenvalue weighted by molar-refractivity contribution is 0.122. The zero-order chi connectivity index (χ0) is 37.9. The van der Waals surface area contributed by atoms with Crippen LogP contribution in [0.25, 0.3) is 39.1 Å². The molecule has 0 spiro atoms. The summed E-state index contributed by atoms with van der Waals surface area (Å²) in [7, 11) is 6.68. The number of rotatable bonds is 8. The van der Waals surface area contributed by atoms with Crippen LogP contribution in [0.4, 0.5) is 5.69 Å². The highest BCUT2D eigenvalue weighted by molar-refractivity contribution is 6.12. The van der Waals surface area contributed by atoms with Gasteiger partial charge in [-0.25, -0.2) is 0 Å². The van der Waals surface area contributed by atoms with Gasteiger partial charge >= 0.3 is 0 Å². The van der Waals surface area contributed by atoms with E-state index in [1.807, 2.05) is 12.1 Å². The number of ether oxygens (including phenoxy) is 6. The summed E-state index contributed by atoms with van der Waals surface area (Å²) in [6.45, 7) is 7.81. The zero-order valence-electron chi connectivity index (χ0n) is 32.2. The summed E-state index contributed by atoms with van der Waals surface area (Å²) in [6.07, 6.45) is 4.48. The van der Waals surface area contributed by atoms with Gasteiger partial charge in [0.05, 0.1) is 47.0 Å². The van der Waals surface area contributed by atoms with Crippen molar-refractivity contribution in [2.24, 2.45) is 0 Å². The molecule has 0 amide bonds. The van der Waals surface area contributed by atoms with Crippen molar-refractivity contribution in [3.63, 3.8) is 0 Å². The minimum Gasteiger partial charge on any atom is -0.497 e. The Morgan fingerprint density at radius 1 is 0.673 bits per heavy atom. The van der Waals surface area contributed by atoms with E-state index in [-0.39, 0.29) is 5.41 Å². The second kappa shape index (κ2) is 13.4. The average Bonchev–Trinajstić information content (AvgIpc) is 3.49. The second-order valence-corrected chi connectivity index (χ2v) is 14.9. The smallest absolute Gasteiger partial charge is 0.204 e. The van der Waals surface area contributed by atoms with Crippen LogP contribution < -0.4 is 28.6 Å². The van der Waals surface area contributed by atoms with Gasteiger partial charge in [0.1, 0.15) is 11.5 Å². The van der Waals surface area contributed by atoms with Gasteiger partial charge in [-0.3, -0.25) is 0 Å².